The largest absolute Gasteiger partial charge is 0.408 e. The van der Waals surface area contributed by atoms with Gasteiger partial charge < -0.3 is 5.32 Å². The molecular weight excluding hydrogens is 379 g/mol. The standard InChI is InChI=1S/C17H16F3N5OS/c1-8-5-12(11-6-27-24-9(11)2)22-15-13(21-7-25(8)15)16(26)23-14(10-3-4-10)17(18,19)20/h5-7,10,14H,3-4H2,1-2H3,(H,23,26). The molecular formula is C17H16F3N5OS. The van der Waals surface area contributed by atoms with Crippen LogP contribution in [0.1, 0.15) is 34.7 Å². The third kappa shape index (κ3) is 3.29. The maximum absolute atomic E-state index is 13.2. The van der Waals surface area contributed by atoms with E-state index in [4.69, 9.17) is 0 Å². The molecule has 4 rings (SSSR count). The van der Waals surface area contributed by atoms with Gasteiger partial charge in [-0.1, -0.05) is 0 Å². The van der Waals surface area contributed by atoms with Crippen molar-refractivity contribution in [3.05, 3.63) is 34.9 Å². The first-order chi connectivity index (χ1) is 12.8. The summed E-state index contributed by atoms with van der Waals surface area (Å²) in [4.78, 5) is 21.0. The lowest BCUT2D eigenvalue weighted by molar-refractivity contribution is -0.158. The molecule has 1 fully saturated rings. The Kier molecular flexibility index (Phi) is 4.17. The zero-order chi connectivity index (χ0) is 19.3. The number of aromatic nitrogens is 4. The van der Waals surface area contributed by atoms with Crippen LogP contribution in [-0.2, 0) is 0 Å². The molecule has 1 unspecified atom stereocenters. The molecule has 142 valence electrons. The van der Waals surface area contributed by atoms with E-state index in [1.165, 1.54) is 17.9 Å². The number of imidazole rings is 1. The number of rotatable bonds is 4. The topological polar surface area (TPSA) is 72.2 Å². The SMILES string of the molecule is Cc1nscc1-c1cc(C)n2cnc(C(=O)NC(C3CC3)C(F)(F)F)c2n1. The second-order valence-electron chi connectivity index (χ2n) is 6.71. The fraction of sp³-hybridized carbons (Fsp3) is 0.412. The van der Waals surface area contributed by atoms with Crippen LogP contribution in [0.25, 0.3) is 16.9 Å². The number of nitrogens with zero attached hydrogens (tertiary/aromatic N) is 4. The van der Waals surface area contributed by atoms with Gasteiger partial charge in [-0.3, -0.25) is 9.20 Å². The quantitative estimate of drug-likeness (QED) is 0.734. The molecule has 3 heterocycles. The Morgan fingerprint density at radius 2 is 2.11 bits per heavy atom. The van der Waals surface area contributed by atoms with Gasteiger partial charge in [0.15, 0.2) is 11.3 Å². The van der Waals surface area contributed by atoms with Gasteiger partial charge in [0.1, 0.15) is 12.4 Å². The number of hydrogen-bond donors (Lipinski definition) is 1. The van der Waals surface area contributed by atoms with Crippen LogP contribution in [0, 0.1) is 19.8 Å². The zero-order valence-electron chi connectivity index (χ0n) is 14.5. The lowest BCUT2D eigenvalue weighted by Crippen LogP contribution is -2.47. The molecule has 0 bridgehead atoms. The van der Waals surface area contributed by atoms with Crippen LogP contribution < -0.4 is 5.32 Å². The molecule has 6 nitrogen and oxygen atoms in total. The van der Waals surface area contributed by atoms with Gasteiger partial charge in [-0.05, 0) is 50.2 Å². The first-order valence-corrected chi connectivity index (χ1v) is 9.23. The van der Waals surface area contributed by atoms with Gasteiger partial charge in [0.05, 0.1) is 11.4 Å². The second kappa shape index (κ2) is 6.29. The Balaban J connectivity index is 1.72. The molecule has 27 heavy (non-hydrogen) atoms. The van der Waals surface area contributed by atoms with Crippen LogP contribution in [0.2, 0.25) is 0 Å². The van der Waals surface area contributed by atoms with E-state index in [2.05, 4.69) is 19.7 Å². The molecule has 0 saturated heterocycles. The molecule has 1 aliphatic rings. The summed E-state index contributed by atoms with van der Waals surface area (Å²) in [5.74, 6) is -1.43. The smallest absolute Gasteiger partial charge is 0.339 e. The number of hydrogen-bond acceptors (Lipinski definition) is 5. The van der Waals surface area contributed by atoms with E-state index in [1.54, 1.807) is 4.40 Å². The number of alkyl halides is 3. The minimum atomic E-state index is -4.49. The number of fused-ring (bicyclic) bond motifs is 1. The number of nitrogens with one attached hydrogen (secondary N) is 1. The van der Waals surface area contributed by atoms with E-state index in [1.807, 2.05) is 25.3 Å². The van der Waals surface area contributed by atoms with Crippen LogP contribution in [0.5, 0.6) is 0 Å². The second-order valence-corrected chi connectivity index (χ2v) is 7.34. The fourth-order valence-corrected chi connectivity index (χ4v) is 3.77. The first-order valence-electron chi connectivity index (χ1n) is 8.39. The van der Waals surface area contributed by atoms with Crippen molar-refractivity contribution in [2.24, 2.45) is 5.92 Å². The summed E-state index contributed by atoms with van der Waals surface area (Å²) in [6.07, 6.45) is -2.17. The average molecular weight is 395 g/mol. The summed E-state index contributed by atoms with van der Waals surface area (Å²) in [7, 11) is 0. The highest BCUT2D eigenvalue weighted by Crippen LogP contribution is 2.40. The van der Waals surface area contributed by atoms with Gasteiger partial charge in [-0.25, -0.2) is 9.97 Å². The summed E-state index contributed by atoms with van der Waals surface area (Å²) in [6, 6.07) is -0.0233. The van der Waals surface area contributed by atoms with E-state index in [0.29, 0.717) is 18.5 Å². The van der Waals surface area contributed by atoms with Gasteiger partial charge in [-0.15, -0.1) is 0 Å². The average Bonchev–Trinajstić information content (AvgIpc) is 3.17. The summed E-state index contributed by atoms with van der Waals surface area (Å²) >= 11 is 1.29. The van der Waals surface area contributed by atoms with E-state index >= 15 is 0 Å². The summed E-state index contributed by atoms with van der Waals surface area (Å²) in [6.45, 7) is 3.67. The van der Waals surface area contributed by atoms with Gasteiger partial charge in [-0.2, -0.15) is 17.5 Å². The number of halogens is 3. The van der Waals surface area contributed by atoms with Crippen molar-refractivity contribution in [1.29, 1.82) is 0 Å². The van der Waals surface area contributed by atoms with E-state index in [0.717, 1.165) is 17.0 Å². The number of carbonyl (C=O) groups is 1. The normalized spacial score (nSPS) is 15.9. The molecule has 0 aromatic carbocycles. The number of amides is 1. The fourth-order valence-electron chi connectivity index (χ4n) is 3.06. The molecule has 1 saturated carbocycles. The molecule has 10 heteroatoms. The van der Waals surface area contributed by atoms with E-state index < -0.39 is 24.0 Å². The van der Waals surface area contributed by atoms with Gasteiger partial charge in [0.2, 0.25) is 0 Å². The van der Waals surface area contributed by atoms with Crippen molar-refractivity contribution < 1.29 is 18.0 Å². The molecule has 3 aromatic rings. The van der Waals surface area contributed by atoms with Crippen LogP contribution in [0.15, 0.2) is 17.8 Å². The van der Waals surface area contributed by atoms with E-state index in [-0.39, 0.29) is 11.3 Å². The monoisotopic (exact) mass is 395 g/mol. The van der Waals surface area contributed by atoms with Crippen molar-refractivity contribution in [1.82, 2.24) is 24.1 Å². The first kappa shape index (κ1) is 17.9. The third-order valence-electron chi connectivity index (χ3n) is 4.67. The Bertz CT molecular complexity index is 1020. The number of aryl methyl sites for hydroxylation is 2. The van der Waals surface area contributed by atoms with Gasteiger partial charge >= 0.3 is 6.18 Å². The van der Waals surface area contributed by atoms with Crippen molar-refractivity contribution >= 4 is 23.1 Å². The third-order valence-corrected chi connectivity index (χ3v) is 5.39. The highest BCUT2D eigenvalue weighted by atomic mass is 32.1. The summed E-state index contributed by atoms with van der Waals surface area (Å²) in [5, 5.41) is 3.95. The van der Waals surface area contributed by atoms with E-state index in [9.17, 15) is 18.0 Å². The molecule has 1 atom stereocenters. The lowest BCUT2D eigenvalue weighted by atomic mass is 10.1. The summed E-state index contributed by atoms with van der Waals surface area (Å²) < 4.78 is 45.5. The van der Waals surface area contributed by atoms with Crippen molar-refractivity contribution in [3.8, 4) is 11.3 Å². The lowest BCUT2D eigenvalue weighted by Gasteiger charge is -2.20. The zero-order valence-corrected chi connectivity index (χ0v) is 15.4. The van der Waals surface area contributed by atoms with Crippen LogP contribution >= 0.6 is 11.5 Å². The van der Waals surface area contributed by atoms with Crippen molar-refractivity contribution in [2.45, 2.75) is 38.9 Å². The van der Waals surface area contributed by atoms with Crippen molar-refractivity contribution in [3.63, 3.8) is 0 Å². The highest BCUT2D eigenvalue weighted by molar-refractivity contribution is 7.04. The predicted molar refractivity (Wildman–Crippen MR) is 93.6 cm³/mol. The minimum absolute atomic E-state index is 0.115. The molecule has 1 aliphatic carbocycles. The van der Waals surface area contributed by atoms with Gasteiger partial charge in [0, 0.05) is 16.6 Å². The van der Waals surface area contributed by atoms with Crippen molar-refractivity contribution in [2.75, 3.05) is 0 Å². The Hall–Kier alpha value is -2.49. The Morgan fingerprint density at radius 1 is 1.37 bits per heavy atom. The van der Waals surface area contributed by atoms with Crippen LogP contribution in [0.3, 0.4) is 0 Å². The molecule has 0 spiro atoms. The molecule has 0 radical (unpaired) electrons. The number of carbonyl (C=O) groups excluding carboxylic acids is 1. The highest BCUT2D eigenvalue weighted by Gasteiger charge is 2.50. The maximum atomic E-state index is 13.2. The molecule has 3 aromatic heterocycles. The van der Waals surface area contributed by atoms with Crippen LogP contribution in [0.4, 0.5) is 13.2 Å². The summed E-state index contributed by atoms with van der Waals surface area (Å²) in [5.41, 5.74) is 3.11. The van der Waals surface area contributed by atoms with Crippen LogP contribution in [-0.4, -0.2) is 36.9 Å². The molecule has 1 amide bonds. The predicted octanol–water partition coefficient (Wildman–Crippen LogP) is 3.54. The Labute approximate surface area is 156 Å². The Morgan fingerprint density at radius 3 is 2.70 bits per heavy atom. The molecule has 1 N–H and O–H groups in total. The molecule has 0 aliphatic heterocycles. The minimum Gasteiger partial charge on any atom is -0.339 e. The van der Waals surface area contributed by atoms with Gasteiger partial charge in [0.25, 0.3) is 5.91 Å². The maximum Gasteiger partial charge on any atom is 0.408 e.